The highest BCUT2D eigenvalue weighted by Crippen LogP contribution is 2.24. The quantitative estimate of drug-likeness (QED) is 0.744. The van der Waals surface area contributed by atoms with E-state index in [0.717, 1.165) is 49.4 Å². The molecule has 8 nitrogen and oxygen atoms in total. The third-order valence-corrected chi connectivity index (χ3v) is 4.86. The van der Waals surface area contributed by atoms with Crippen LogP contribution in [0.25, 0.3) is 11.0 Å². The van der Waals surface area contributed by atoms with Crippen molar-refractivity contribution in [1.82, 2.24) is 30.3 Å². The van der Waals surface area contributed by atoms with Gasteiger partial charge in [-0.15, -0.1) is 0 Å². The van der Waals surface area contributed by atoms with Crippen molar-refractivity contribution in [3.8, 4) is 0 Å². The number of nitrogens with zero attached hydrogens (tertiary/aromatic N) is 5. The number of H-pyrrole nitrogens is 1. The molecule has 1 atom stereocenters. The smallest absolute Gasteiger partial charge is 0.253 e. The minimum atomic E-state index is 0.0487. The van der Waals surface area contributed by atoms with Crippen LogP contribution in [0.15, 0.2) is 30.6 Å². The van der Waals surface area contributed by atoms with Crippen molar-refractivity contribution in [2.75, 3.05) is 25.5 Å². The van der Waals surface area contributed by atoms with E-state index in [1.54, 1.807) is 18.5 Å². The molecule has 1 aliphatic heterocycles. The molecule has 2 aromatic heterocycles. The third kappa shape index (κ3) is 3.22. The van der Waals surface area contributed by atoms with Crippen molar-refractivity contribution in [3.63, 3.8) is 0 Å². The molecule has 8 heteroatoms. The van der Waals surface area contributed by atoms with Gasteiger partial charge in [-0.05, 0) is 43.4 Å². The fourth-order valence-electron chi connectivity index (χ4n) is 3.57. The molecule has 1 aromatic carbocycles. The van der Waals surface area contributed by atoms with Gasteiger partial charge in [0.2, 0.25) is 0 Å². The minimum absolute atomic E-state index is 0.0487. The van der Waals surface area contributed by atoms with E-state index in [-0.39, 0.29) is 5.91 Å². The fourth-order valence-corrected chi connectivity index (χ4v) is 3.57. The summed E-state index contributed by atoms with van der Waals surface area (Å²) < 4.78 is 0. The molecule has 4 rings (SSSR count). The second kappa shape index (κ2) is 7.07. The van der Waals surface area contributed by atoms with Crippen molar-refractivity contribution < 1.29 is 4.79 Å². The maximum absolute atomic E-state index is 12.9. The molecule has 3 heterocycles. The lowest BCUT2D eigenvalue weighted by Crippen LogP contribution is -2.40. The van der Waals surface area contributed by atoms with Gasteiger partial charge in [-0.1, -0.05) is 0 Å². The largest absolute Gasteiger partial charge is 0.372 e. The zero-order chi connectivity index (χ0) is 17.9. The predicted octanol–water partition coefficient (Wildman–Crippen LogP) is 1.88. The Labute approximate surface area is 151 Å². The zero-order valence-corrected chi connectivity index (χ0v) is 14.6. The SMILES string of the molecule is CNc1nccnc1C[C@H]1CCCN(C(=O)c2ccc3n[nH]nc3c2)C1. The molecule has 134 valence electrons. The van der Waals surface area contributed by atoms with Crippen LogP contribution in [0.3, 0.4) is 0 Å². The summed E-state index contributed by atoms with van der Waals surface area (Å²) in [5.74, 6) is 1.24. The van der Waals surface area contributed by atoms with Gasteiger partial charge < -0.3 is 10.2 Å². The third-order valence-electron chi connectivity index (χ3n) is 4.86. The van der Waals surface area contributed by atoms with Gasteiger partial charge in [-0.2, -0.15) is 15.4 Å². The summed E-state index contributed by atoms with van der Waals surface area (Å²) in [7, 11) is 1.85. The first-order chi connectivity index (χ1) is 12.7. The number of nitrogens with one attached hydrogen (secondary N) is 2. The highest BCUT2D eigenvalue weighted by Gasteiger charge is 2.26. The number of carbonyl (C=O) groups is 1. The molecule has 1 aliphatic rings. The summed E-state index contributed by atoms with van der Waals surface area (Å²) in [5, 5.41) is 13.8. The molecule has 0 aliphatic carbocycles. The number of hydrogen-bond donors (Lipinski definition) is 2. The first kappa shape index (κ1) is 16.4. The number of hydrogen-bond acceptors (Lipinski definition) is 6. The Morgan fingerprint density at radius 3 is 3.00 bits per heavy atom. The van der Waals surface area contributed by atoms with Gasteiger partial charge in [0.05, 0.1) is 5.69 Å². The minimum Gasteiger partial charge on any atom is -0.372 e. The standard InChI is InChI=1S/C18H21N7O/c1-19-17-16(20-6-7-21-17)9-12-3-2-8-25(11-12)18(26)13-4-5-14-15(10-13)23-24-22-14/h4-7,10,12H,2-3,8-9,11H2,1H3,(H,19,21)(H,22,23,24)/t12-/m1/s1. The highest BCUT2D eigenvalue weighted by molar-refractivity contribution is 5.97. The summed E-state index contributed by atoms with van der Waals surface area (Å²) in [6.07, 6.45) is 6.31. The number of piperidine rings is 1. The van der Waals surface area contributed by atoms with Crippen LogP contribution < -0.4 is 5.32 Å². The Hall–Kier alpha value is -3.03. The van der Waals surface area contributed by atoms with Crippen molar-refractivity contribution in [2.24, 2.45) is 5.92 Å². The average molecular weight is 351 g/mol. The second-order valence-corrected chi connectivity index (χ2v) is 6.59. The summed E-state index contributed by atoms with van der Waals surface area (Å²) in [4.78, 5) is 23.6. The van der Waals surface area contributed by atoms with Crippen LogP contribution in [0.1, 0.15) is 28.9 Å². The normalized spacial score (nSPS) is 17.4. The maximum atomic E-state index is 12.9. The van der Waals surface area contributed by atoms with Gasteiger partial charge in [0.25, 0.3) is 5.91 Å². The Balaban J connectivity index is 1.48. The average Bonchev–Trinajstić information content (AvgIpc) is 3.16. The van der Waals surface area contributed by atoms with E-state index in [2.05, 4.69) is 30.7 Å². The van der Waals surface area contributed by atoms with Crippen molar-refractivity contribution in [2.45, 2.75) is 19.3 Å². The number of anilines is 1. The summed E-state index contributed by atoms with van der Waals surface area (Å²) in [6, 6.07) is 5.44. The van der Waals surface area contributed by atoms with Crippen LogP contribution in [-0.4, -0.2) is 56.3 Å². The Bertz CT molecular complexity index is 923. The van der Waals surface area contributed by atoms with E-state index in [1.807, 2.05) is 24.1 Å². The lowest BCUT2D eigenvalue weighted by Gasteiger charge is -2.33. The number of benzene rings is 1. The Kier molecular flexibility index (Phi) is 4.47. The highest BCUT2D eigenvalue weighted by atomic mass is 16.2. The van der Waals surface area contributed by atoms with Crippen LogP contribution in [0, 0.1) is 5.92 Å². The molecule has 1 amide bonds. The molecule has 0 spiro atoms. The molecule has 0 bridgehead atoms. The predicted molar refractivity (Wildman–Crippen MR) is 97.8 cm³/mol. The van der Waals surface area contributed by atoms with Crippen LogP contribution >= 0.6 is 0 Å². The lowest BCUT2D eigenvalue weighted by molar-refractivity contribution is 0.0673. The molecule has 2 N–H and O–H groups in total. The summed E-state index contributed by atoms with van der Waals surface area (Å²) in [6.45, 7) is 1.51. The number of rotatable bonds is 4. The van der Waals surface area contributed by atoms with Gasteiger partial charge in [0.1, 0.15) is 16.9 Å². The molecular formula is C18H21N7O. The van der Waals surface area contributed by atoms with Crippen molar-refractivity contribution >= 4 is 22.8 Å². The van der Waals surface area contributed by atoms with Crippen LogP contribution in [0.4, 0.5) is 5.82 Å². The monoisotopic (exact) mass is 351 g/mol. The lowest BCUT2D eigenvalue weighted by atomic mass is 9.92. The van der Waals surface area contributed by atoms with E-state index in [1.165, 1.54) is 0 Å². The second-order valence-electron chi connectivity index (χ2n) is 6.59. The molecule has 0 radical (unpaired) electrons. The van der Waals surface area contributed by atoms with Crippen LogP contribution in [0.5, 0.6) is 0 Å². The van der Waals surface area contributed by atoms with Gasteiger partial charge in [-0.3, -0.25) is 9.78 Å². The molecule has 26 heavy (non-hydrogen) atoms. The van der Waals surface area contributed by atoms with Crippen LogP contribution in [-0.2, 0) is 6.42 Å². The van der Waals surface area contributed by atoms with Gasteiger partial charge in [0, 0.05) is 38.1 Å². The number of likely N-dealkylation sites (tertiary alicyclic amines) is 1. The summed E-state index contributed by atoms with van der Waals surface area (Å²) >= 11 is 0. The van der Waals surface area contributed by atoms with Gasteiger partial charge in [-0.25, -0.2) is 4.98 Å². The molecule has 0 saturated carbocycles. The number of fused-ring (bicyclic) bond motifs is 1. The van der Waals surface area contributed by atoms with Crippen LogP contribution in [0.2, 0.25) is 0 Å². The van der Waals surface area contributed by atoms with Gasteiger partial charge >= 0.3 is 0 Å². The van der Waals surface area contributed by atoms with Gasteiger partial charge in [0.15, 0.2) is 0 Å². The van der Waals surface area contributed by atoms with E-state index in [9.17, 15) is 4.79 Å². The number of amides is 1. The Morgan fingerprint density at radius 1 is 1.27 bits per heavy atom. The number of aromatic amines is 1. The molecular weight excluding hydrogens is 330 g/mol. The van der Waals surface area contributed by atoms with Crippen molar-refractivity contribution in [1.29, 1.82) is 0 Å². The molecule has 1 fully saturated rings. The van der Waals surface area contributed by atoms with E-state index in [0.29, 0.717) is 17.0 Å². The zero-order valence-electron chi connectivity index (χ0n) is 14.6. The van der Waals surface area contributed by atoms with E-state index >= 15 is 0 Å². The number of aromatic nitrogens is 5. The molecule has 1 saturated heterocycles. The summed E-state index contributed by atoms with van der Waals surface area (Å²) in [5.41, 5.74) is 3.09. The first-order valence-corrected chi connectivity index (χ1v) is 8.82. The Morgan fingerprint density at radius 2 is 2.12 bits per heavy atom. The molecule has 0 unspecified atom stereocenters. The topological polar surface area (TPSA) is 99.7 Å². The van der Waals surface area contributed by atoms with E-state index in [4.69, 9.17) is 0 Å². The molecule has 3 aromatic rings. The van der Waals surface area contributed by atoms with E-state index < -0.39 is 0 Å². The maximum Gasteiger partial charge on any atom is 0.253 e. The fraction of sp³-hybridized carbons (Fsp3) is 0.389. The van der Waals surface area contributed by atoms with Crippen molar-refractivity contribution in [3.05, 3.63) is 41.9 Å². The number of carbonyl (C=O) groups excluding carboxylic acids is 1. The first-order valence-electron chi connectivity index (χ1n) is 8.82.